The van der Waals surface area contributed by atoms with Gasteiger partial charge in [0.1, 0.15) is 5.75 Å². The van der Waals surface area contributed by atoms with E-state index in [2.05, 4.69) is 26.5 Å². The summed E-state index contributed by atoms with van der Waals surface area (Å²) in [4.78, 5) is 11.9. The number of hydrazone groups is 1. The Morgan fingerprint density at radius 3 is 2.80 bits per heavy atom. The summed E-state index contributed by atoms with van der Waals surface area (Å²) in [7, 11) is 0. The molecule has 0 aliphatic carbocycles. The smallest absolute Gasteiger partial charge is 0.277 e. The molecule has 0 saturated carbocycles. The molecule has 0 spiro atoms. The lowest BCUT2D eigenvalue weighted by Crippen LogP contribution is -2.24. The van der Waals surface area contributed by atoms with Gasteiger partial charge in [-0.1, -0.05) is 48.5 Å². The highest BCUT2D eigenvalue weighted by Gasteiger charge is 2.05. The van der Waals surface area contributed by atoms with E-state index < -0.39 is 0 Å². The van der Waals surface area contributed by atoms with Gasteiger partial charge in [-0.2, -0.15) is 5.10 Å². The minimum Gasteiger partial charge on any atom is -0.483 e. The van der Waals surface area contributed by atoms with Crippen molar-refractivity contribution in [1.29, 1.82) is 0 Å². The first-order chi connectivity index (χ1) is 12.1. The fraction of sp³-hybridized carbons (Fsp3) is 0.100. The van der Waals surface area contributed by atoms with E-state index >= 15 is 0 Å². The Hall–Kier alpha value is -2.66. The van der Waals surface area contributed by atoms with Gasteiger partial charge >= 0.3 is 0 Å². The molecule has 126 valence electrons. The maximum Gasteiger partial charge on any atom is 0.277 e. The number of nitrogens with one attached hydrogen (secondary N) is 1. The number of fused-ring (bicyclic) bond motifs is 1. The third-order valence-electron chi connectivity index (χ3n) is 3.66. The summed E-state index contributed by atoms with van der Waals surface area (Å²) in [5.74, 6) is 0.308. The van der Waals surface area contributed by atoms with Crippen LogP contribution in [0.25, 0.3) is 10.8 Å². The number of hydrogen-bond acceptors (Lipinski definition) is 3. The fourth-order valence-corrected chi connectivity index (χ4v) is 3.04. The van der Waals surface area contributed by atoms with E-state index in [1.807, 2.05) is 67.6 Å². The highest BCUT2D eigenvalue weighted by molar-refractivity contribution is 9.10. The Balaban J connectivity index is 1.59. The Labute approximate surface area is 154 Å². The molecule has 0 unspecified atom stereocenters. The summed E-state index contributed by atoms with van der Waals surface area (Å²) < 4.78 is 6.31. The second kappa shape index (κ2) is 7.94. The second-order valence-electron chi connectivity index (χ2n) is 5.58. The van der Waals surface area contributed by atoms with Gasteiger partial charge in [0.15, 0.2) is 6.61 Å². The lowest BCUT2D eigenvalue weighted by molar-refractivity contribution is -0.123. The van der Waals surface area contributed by atoms with Crippen molar-refractivity contribution in [2.75, 3.05) is 6.61 Å². The van der Waals surface area contributed by atoms with Crippen LogP contribution in [0.15, 0.2) is 70.2 Å². The lowest BCUT2D eigenvalue weighted by atomic mass is 10.1. The van der Waals surface area contributed by atoms with E-state index in [4.69, 9.17) is 4.74 Å². The van der Waals surface area contributed by atoms with Gasteiger partial charge in [-0.15, -0.1) is 0 Å². The molecule has 0 saturated heterocycles. The zero-order chi connectivity index (χ0) is 17.6. The van der Waals surface area contributed by atoms with Crippen LogP contribution >= 0.6 is 15.9 Å². The molecule has 0 aliphatic rings. The van der Waals surface area contributed by atoms with E-state index in [1.54, 1.807) is 6.21 Å². The van der Waals surface area contributed by atoms with Crippen molar-refractivity contribution in [3.05, 3.63) is 76.3 Å². The highest BCUT2D eigenvalue weighted by atomic mass is 79.9. The standard InChI is InChI=1S/C20H17BrN2O2/c1-14-9-10-19(18(21)11-14)25-13-20(24)23-22-12-16-7-4-6-15-5-2-3-8-17(15)16/h2-12H,13H2,1H3,(H,23,24). The Morgan fingerprint density at radius 1 is 1.16 bits per heavy atom. The Morgan fingerprint density at radius 2 is 1.96 bits per heavy atom. The molecule has 0 aliphatic heterocycles. The summed E-state index contributed by atoms with van der Waals surface area (Å²) in [6.07, 6.45) is 1.64. The number of benzene rings is 3. The largest absolute Gasteiger partial charge is 0.483 e. The summed E-state index contributed by atoms with van der Waals surface area (Å²) in [5.41, 5.74) is 4.55. The SMILES string of the molecule is Cc1ccc(OCC(=O)NN=Cc2cccc3ccccc23)c(Br)c1. The van der Waals surface area contributed by atoms with Crippen LogP contribution in [0.4, 0.5) is 0 Å². The minimum absolute atomic E-state index is 0.103. The molecular formula is C20H17BrN2O2. The number of rotatable bonds is 5. The maximum absolute atomic E-state index is 11.9. The third-order valence-corrected chi connectivity index (χ3v) is 4.28. The molecule has 3 aromatic rings. The monoisotopic (exact) mass is 396 g/mol. The summed E-state index contributed by atoms with van der Waals surface area (Å²) in [5, 5.41) is 6.24. The molecular weight excluding hydrogens is 380 g/mol. The van der Waals surface area contributed by atoms with Crippen molar-refractivity contribution < 1.29 is 9.53 Å². The average molecular weight is 397 g/mol. The molecule has 0 bridgehead atoms. The zero-order valence-corrected chi connectivity index (χ0v) is 15.3. The van der Waals surface area contributed by atoms with Crippen molar-refractivity contribution in [3.8, 4) is 5.75 Å². The van der Waals surface area contributed by atoms with Crippen molar-refractivity contribution in [2.45, 2.75) is 6.92 Å². The number of amides is 1. The van der Waals surface area contributed by atoms with Crippen molar-refractivity contribution in [2.24, 2.45) is 5.10 Å². The molecule has 1 amide bonds. The number of halogens is 1. The second-order valence-corrected chi connectivity index (χ2v) is 6.44. The molecule has 3 aromatic carbocycles. The van der Waals surface area contributed by atoms with E-state index in [9.17, 15) is 4.79 Å². The molecule has 0 radical (unpaired) electrons. The van der Waals surface area contributed by atoms with Crippen LogP contribution in [-0.4, -0.2) is 18.7 Å². The topological polar surface area (TPSA) is 50.7 Å². The van der Waals surface area contributed by atoms with E-state index in [1.165, 1.54) is 0 Å². The van der Waals surface area contributed by atoms with Crippen LogP contribution in [0.5, 0.6) is 5.75 Å². The van der Waals surface area contributed by atoms with E-state index in [0.717, 1.165) is 26.4 Å². The number of aryl methyl sites for hydroxylation is 1. The van der Waals surface area contributed by atoms with E-state index in [-0.39, 0.29) is 12.5 Å². The molecule has 3 rings (SSSR count). The summed E-state index contributed by atoms with van der Waals surface area (Å²) in [6.45, 7) is 1.89. The normalized spacial score (nSPS) is 11.0. The van der Waals surface area contributed by atoms with Gasteiger partial charge < -0.3 is 4.74 Å². The zero-order valence-electron chi connectivity index (χ0n) is 13.7. The van der Waals surface area contributed by atoms with Gasteiger partial charge in [-0.05, 0) is 51.3 Å². The number of carbonyl (C=O) groups excluding carboxylic acids is 1. The Bertz CT molecular complexity index is 933. The molecule has 5 heteroatoms. The molecule has 0 fully saturated rings. The first-order valence-corrected chi connectivity index (χ1v) is 8.61. The van der Waals surface area contributed by atoms with Crippen LogP contribution in [-0.2, 0) is 4.79 Å². The van der Waals surface area contributed by atoms with Crippen LogP contribution < -0.4 is 10.2 Å². The van der Waals surface area contributed by atoms with Crippen LogP contribution in [0.2, 0.25) is 0 Å². The van der Waals surface area contributed by atoms with E-state index in [0.29, 0.717) is 5.75 Å². The van der Waals surface area contributed by atoms with Crippen molar-refractivity contribution >= 4 is 38.8 Å². The lowest BCUT2D eigenvalue weighted by Gasteiger charge is -2.07. The molecule has 1 N–H and O–H groups in total. The van der Waals surface area contributed by atoms with Crippen LogP contribution in [0.3, 0.4) is 0 Å². The quantitative estimate of drug-likeness (QED) is 0.511. The van der Waals surface area contributed by atoms with Gasteiger partial charge in [0, 0.05) is 5.56 Å². The van der Waals surface area contributed by atoms with Gasteiger partial charge in [-0.25, -0.2) is 5.43 Å². The predicted octanol–water partition coefficient (Wildman–Crippen LogP) is 4.44. The highest BCUT2D eigenvalue weighted by Crippen LogP contribution is 2.25. The molecule has 0 aromatic heterocycles. The maximum atomic E-state index is 11.9. The van der Waals surface area contributed by atoms with Crippen molar-refractivity contribution in [1.82, 2.24) is 5.43 Å². The Kier molecular flexibility index (Phi) is 5.46. The summed E-state index contributed by atoms with van der Waals surface area (Å²) >= 11 is 3.42. The predicted molar refractivity (Wildman–Crippen MR) is 104 cm³/mol. The fourth-order valence-electron chi connectivity index (χ4n) is 2.44. The van der Waals surface area contributed by atoms with Gasteiger partial charge in [0.05, 0.1) is 10.7 Å². The number of hydrogen-bond donors (Lipinski definition) is 1. The van der Waals surface area contributed by atoms with Gasteiger partial charge in [0.2, 0.25) is 0 Å². The number of carbonyl (C=O) groups is 1. The molecule has 4 nitrogen and oxygen atoms in total. The minimum atomic E-state index is -0.316. The first-order valence-electron chi connectivity index (χ1n) is 7.82. The average Bonchev–Trinajstić information content (AvgIpc) is 2.61. The van der Waals surface area contributed by atoms with Crippen LogP contribution in [0, 0.1) is 6.92 Å². The van der Waals surface area contributed by atoms with Crippen molar-refractivity contribution in [3.63, 3.8) is 0 Å². The van der Waals surface area contributed by atoms with Crippen LogP contribution in [0.1, 0.15) is 11.1 Å². The third kappa shape index (κ3) is 4.45. The molecule has 25 heavy (non-hydrogen) atoms. The molecule has 0 atom stereocenters. The molecule has 0 heterocycles. The first kappa shape index (κ1) is 17.2. The number of ether oxygens (including phenoxy) is 1. The van der Waals surface area contributed by atoms with Gasteiger partial charge in [-0.3, -0.25) is 4.79 Å². The summed E-state index contributed by atoms with van der Waals surface area (Å²) in [6, 6.07) is 19.7. The van der Waals surface area contributed by atoms with Gasteiger partial charge in [0.25, 0.3) is 5.91 Å². The number of nitrogens with zero attached hydrogens (tertiary/aromatic N) is 1.